The van der Waals surface area contributed by atoms with Crippen LogP contribution in [0.3, 0.4) is 0 Å². The quantitative estimate of drug-likeness (QED) is 0.723. The number of benzene rings is 1. The Labute approximate surface area is 93.9 Å². The van der Waals surface area contributed by atoms with Crippen molar-refractivity contribution in [3.63, 3.8) is 0 Å². The molecule has 86 valence electrons. The molecule has 1 rings (SSSR count). The summed E-state index contributed by atoms with van der Waals surface area (Å²) in [6.07, 6.45) is -1.54. The van der Waals surface area contributed by atoms with Crippen LogP contribution in [0.25, 0.3) is 0 Å². The van der Waals surface area contributed by atoms with Crippen LogP contribution in [-0.2, 0) is 0 Å². The molecule has 0 unspecified atom stereocenters. The maximum absolute atomic E-state index is 12.5. The second-order valence-electron chi connectivity index (χ2n) is 3.05. The first kappa shape index (κ1) is 14.4. The normalized spacial score (nSPS) is 9.80. The second-order valence-corrected chi connectivity index (χ2v) is 3.50. The Morgan fingerprint density at radius 1 is 1.33 bits per heavy atom. The fraction of sp³-hybridized carbons (Fsp3) is 0.455. The van der Waals surface area contributed by atoms with Crippen LogP contribution < -0.4 is 0 Å². The maximum Gasteiger partial charge on any atom is 0.266 e. The lowest BCUT2D eigenvalue weighted by Gasteiger charge is -2.01. The molecule has 0 spiro atoms. The molecule has 0 atom stereocenters. The first-order valence-electron chi connectivity index (χ1n) is 4.68. The molecule has 1 aromatic carbocycles. The van der Waals surface area contributed by atoms with E-state index in [0.717, 1.165) is 17.9 Å². The van der Waals surface area contributed by atoms with Gasteiger partial charge in [-0.15, -0.1) is 0 Å². The fourth-order valence-corrected chi connectivity index (χ4v) is 0.830. The molecule has 0 aliphatic rings. The molecular weight excluding hydrogens is 221 g/mol. The van der Waals surface area contributed by atoms with Gasteiger partial charge in [-0.05, 0) is 31.2 Å². The van der Waals surface area contributed by atoms with Crippen LogP contribution in [0, 0.1) is 12.7 Å². The van der Waals surface area contributed by atoms with E-state index in [-0.39, 0.29) is 0 Å². The van der Waals surface area contributed by atoms with Crippen molar-refractivity contribution in [2.45, 2.75) is 26.7 Å². The Balaban J connectivity index is 0.000000423. The number of rotatable bonds is 2. The third-order valence-electron chi connectivity index (χ3n) is 1.61. The lowest BCUT2D eigenvalue weighted by atomic mass is 10.1. The predicted octanol–water partition coefficient (Wildman–Crippen LogP) is 4.40. The summed E-state index contributed by atoms with van der Waals surface area (Å²) in [5.41, 5.74) is 0.117. The predicted molar refractivity (Wildman–Crippen MR) is 60.2 cm³/mol. The summed E-state index contributed by atoms with van der Waals surface area (Å²) in [5.74, 6) is 0.172. The number of hydrogen-bond donors (Lipinski definition) is 1. The van der Waals surface area contributed by atoms with Crippen LogP contribution >= 0.6 is 12.6 Å². The van der Waals surface area contributed by atoms with Crippen molar-refractivity contribution in [1.29, 1.82) is 0 Å². The number of aryl methyl sites for hydroxylation is 1. The maximum atomic E-state index is 12.5. The van der Waals surface area contributed by atoms with Gasteiger partial charge in [-0.25, -0.2) is 13.2 Å². The summed E-state index contributed by atoms with van der Waals surface area (Å²) < 4.78 is 36.5. The highest BCUT2D eigenvalue weighted by Gasteiger charge is 2.12. The summed E-state index contributed by atoms with van der Waals surface area (Å²) in [4.78, 5) is 0. The van der Waals surface area contributed by atoms with Gasteiger partial charge in [-0.3, -0.25) is 0 Å². The highest BCUT2D eigenvalue weighted by molar-refractivity contribution is 7.80. The van der Waals surface area contributed by atoms with Gasteiger partial charge >= 0.3 is 0 Å². The van der Waals surface area contributed by atoms with Crippen molar-refractivity contribution in [3.05, 3.63) is 35.1 Å². The monoisotopic (exact) mass is 236 g/mol. The molecular formula is C11H15F3S. The van der Waals surface area contributed by atoms with Gasteiger partial charge in [0.25, 0.3) is 6.43 Å². The Morgan fingerprint density at radius 2 is 1.87 bits per heavy atom. The fourth-order valence-electron chi connectivity index (χ4n) is 0.830. The van der Waals surface area contributed by atoms with E-state index >= 15 is 0 Å². The summed E-state index contributed by atoms with van der Waals surface area (Å²) in [5, 5.41) is 0. The molecule has 0 N–H and O–H groups in total. The largest absolute Gasteiger partial charge is 0.266 e. The van der Waals surface area contributed by atoms with Gasteiger partial charge in [0.2, 0.25) is 0 Å². The molecule has 0 heterocycles. The van der Waals surface area contributed by atoms with Gasteiger partial charge in [-0.1, -0.05) is 18.6 Å². The van der Waals surface area contributed by atoms with Crippen LogP contribution in [-0.4, -0.2) is 5.75 Å². The zero-order valence-electron chi connectivity index (χ0n) is 8.80. The van der Waals surface area contributed by atoms with E-state index in [0.29, 0.717) is 5.56 Å². The van der Waals surface area contributed by atoms with Crippen molar-refractivity contribution in [1.82, 2.24) is 0 Å². The van der Waals surface area contributed by atoms with Crippen LogP contribution in [0.1, 0.15) is 30.9 Å². The van der Waals surface area contributed by atoms with E-state index < -0.39 is 17.8 Å². The minimum atomic E-state index is -2.73. The zero-order chi connectivity index (χ0) is 11.8. The molecule has 4 heteroatoms. The molecule has 0 fully saturated rings. The lowest BCUT2D eigenvalue weighted by molar-refractivity contribution is 0.146. The van der Waals surface area contributed by atoms with E-state index in [1.807, 2.05) is 0 Å². The van der Waals surface area contributed by atoms with E-state index in [1.54, 1.807) is 6.92 Å². The summed E-state index contributed by atoms with van der Waals surface area (Å²) in [6, 6.07) is 3.66. The molecule has 0 bridgehead atoms. The van der Waals surface area contributed by atoms with Crippen LogP contribution in [0.4, 0.5) is 13.2 Å². The Hall–Kier alpha value is -0.640. The molecule has 0 saturated heterocycles. The highest BCUT2D eigenvalue weighted by Crippen LogP contribution is 2.22. The number of hydrogen-bond acceptors (Lipinski definition) is 1. The molecule has 0 saturated carbocycles. The van der Waals surface area contributed by atoms with Crippen molar-refractivity contribution in [3.8, 4) is 0 Å². The van der Waals surface area contributed by atoms with E-state index in [1.165, 1.54) is 12.5 Å². The minimum Gasteiger partial charge on any atom is -0.206 e. The smallest absolute Gasteiger partial charge is 0.206 e. The van der Waals surface area contributed by atoms with E-state index in [9.17, 15) is 13.2 Å². The van der Waals surface area contributed by atoms with Crippen LogP contribution in [0.2, 0.25) is 0 Å². The first-order valence-corrected chi connectivity index (χ1v) is 5.31. The minimum absolute atomic E-state index is 0.523. The van der Waals surface area contributed by atoms with Crippen molar-refractivity contribution < 1.29 is 13.2 Å². The van der Waals surface area contributed by atoms with Gasteiger partial charge in [0.05, 0.1) is 5.56 Å². The summed E-state index contributed by atoms with van der Waals surface area (Å²) >= 11 is 3.92. The van der Waals surface area contributed by atoms with Crippen molar-refractivity contribution >= 4 is 12.6 Å². The lowest BCUT2D eigenvalue weighted by Crippen LogP contribution is -1.90. The molecule has 0 nitrogen and oxygen atoms in total. The topological polar surface area (TPSA) is 0 Å². The van der Waals surface area contributed by atoms with Gasteiger partial charge in [0.15, 0.2) is 0 Å². The summed E-state index contributed by atoms with van der Waals surface area (Å²) in [6.45, 7) is 3.75. The zero-order valence-corrected chi connectivity index (χ0v) is 9.70. The number of alkyl halides is 2. The van der Waals surface area contributed by atoms with Crippen molar-refractivity contribution in [2.24, 2.45) is 0 Å². The van der Waals surface area contributed by atoms with E-state index in [4.69, 9.17) is 0 Å². The molecule has 0 aliphatic carbocycles. The standard InChI is InChI=1S/C8H7F3.C3H8S/c1-5-2-3-7(9)6(4-5)8(10)11;1-2-3-4/h2-4,8H,1H3;4H,2-3H2,1H3. The first-order chi connectivity index (χ1) is 7.02. The van der Waals surface area contributed by atoms with E-state index in [2.05, 4.69) is 19.6 Å². The Bertz CT molecular complexity index is 285. The Kier molecular flexibility index (Phi) is 7.30. The number of halogens is 3. The third kappa shape index (κ3) is 5.72. The number of thiol groups is 1. The van der Waals surface area contributed by atoms with Gasteiger partial charge in [-0.2, -0.15) is 12.6 Å². The molecule has 0 amide bonds. The summed E-state index contributed by atoms with van der Waals surface area (Å²) in [7, 11) is 0. The molecule has 0 radical (unpaired) electrons. The average molecular weight is 236 g/mol. The molecule has 1 aromatic rings. The molecule has 0 aliphatic heterocycles. The van der Waals surface area contributed by atoms with Crippen LogP contribution in [0.15, 0.2) is 18.2 Å². The van der Waals surface area contributed by atoms with Crippen molar-refractivity contribution in [2.75, 3.05) is 5.75 Å². The van der Waals surface area contributed by atoms with Gasteiger partial charge in [0, 0.05) is 0 Å². The average Bonchev–Trinajstić information content (AvgIpc) is 2.22. The van der Waals surface area contributed by atoms with Gasteiger partial charge < -0.3 is 0 Å². The molecule has 0 aromatic heterocycles. The van der Waals surface area contributed by atoms with Gasteiger partial charge in [0.1, 0.15) is 5.82 Å². The Morgan fingerprint density at radius 3 is 2.20 bits per heavy atom. The van der Waals surface area contributed by atoms with Crippen LogP contribution in [0.5, 0.6) is 0 Å². The highest BCUT2D eigenvalue weighted by atomic mass is 32.1. The molecule has 15 heavy (non-hydrogen) atoms. The third-order valence-corrected chi connectivity index (χ3v) is 2.06. The second kappa shape index (κ2) is 7.63. The SMILES string of the molecule is CCCS.Cc1ccc(F)c(C(F)F)c1.